The summed E-state index contributed by atoms with van der Waals surface area (Å²) >= 11 is 0. The second-order valence-electron chi connectivity index (χ2n) is 5.42. The number of aromatic nitrogens is 2. The third kappa shape index (κ3) is 5.39. The Morgan fingerprint density at radius 3 is 2.36 bits per heavy atom. The Morgan fingerprint density at radius 2 is 1.82 bits per heavy atom. The average Bonchev–Trinajstić information content (AvgIpc) is 2.64. The van der Waals surface area contributed by atoms with Crippen LogP contribution in [0.25, 0.3) is 0 Å². The summed E-state index contributed by atoms with van der Waals surface area (Å²) in [5, 5.41) is 0. The molecule has 1 aromatic carbocycles. The molecule has 2 N–H and O–H groups in total. The summed E-state index contributed by atoms with van der Waals surface area (Å²) in [4.78, 5) is 29.9. The molecule has 2 amide bonds. The topological polar surface area (TPSA) is 121 Å². The molecule has 2 rings (SSSR count). The number of benzene rings is 1. The fourth-order valence-corrected chi connectivity index (χ4v) is 2.89. The Bertz CT molecular complexity index is 973. The quantitative estimate of drug-likeness (QED) is 0.665. The molecule has 0 aliphatic heterocycles. The number of nitrogens with one attached hydrogen (secondary N) is 2. The lowest BCUT2D eigenvalue weighted by molar-refractivity contribution is -0.132. The molecule has 0 bridgehead atoms. The van der Waals surface area contributed by atoms with Gasteiger partial charge in [-0.05, 0) is 12.1 Å². The Kier molecular flexibility index (Phi) is 6.51. The summed E-state index contributed by atoms with van der Waals surface area (Å²) in [6.07, 6.45) is 1.26. The van der Waals surface area contributed by atoms with Gasteiger partial charge < -0.3 is 0 Å². The van der Waals surface area contributed by atoms with Gasteiger partial charge in [0, 0.05) is 11.1 Å². The lowest BCUT2D eigenvalue weighted by Crippen LogP contribution is -2.44. The van der Waals surface area contributed by atoms with Gasteiger partial charge >= 0.3 is 12.3 Å². The molecule has 150 valence electrons. The van der Waals surface area contributed by atoms with E-state index in [0.29, 0.717) is 0 Å². The van der Waals surface area contributed by atoms with Crippen LogP contribution in [-0.4, -0.2) is 42.9 Å². The van der Waals surface area contributed by atoms with Crippen LogP contribution in [0.15, 0.2) is 36.9 Å². The molecule has 0 fully saturated rings. The predicted molar refractivity (Wildman–Crippen MR) is 91.1 cm³/mol. The van der Waals surface area contributed by atoms with Crippen molar-refractivity contribution in [2.24, 2.45) is 0 Å². The van der Waals surface area contributed by atoms with Gasteiger partial charge in [0.25, 0.3) is 5.91 Å². The van der Waals surface area contributed by atoms with Crippen molar-refractivity contribution in [1.82, 2.24) is 20.8 Å². The van der Waals surface area contributed by atoms with Gasteiger partial charge in [-0.3, -0.25) is 24.7 Å². The molecule has 0 radical (unpaired) electrons. The number of amides is 2. The predicted octanol–water partition coefficient (Wildman–Crippen LogP) is 0.608. The van der Waals surface area contributed by atoms with Crippen molar-refractivity contribution in [3.63, 3.8) is 0 Å². The third-order valence-electron chi connectivity index (χ3n) is 3.36. The first-order valence-corrected chi connectivity index (χ1v) is 9.34. The van der Waals surface area contributed by atoms with Gasteiger partial charge in [0.15, 0.2) is 0 Å². The summed E-state index contributed by atoms with van der Waals surface area (Å²) in [6, 6.07) is 3.08. The number of carbonyl (C=O) groups is 2. The molecule has 0 saturated heterocycles. The van der Waals surface area contributed by atoms with Gasteiger partial charge in [-0.2, -0.15) is 8.78 Å². The van der Waals surface area contributed by atoms with E-state index in [1.807, 2.05) is 0 Å². The van der Waals surface area contributed by atoms with Gasteiger partial charge in [0.2, 0.25) is 10.0 Å². The zero-order valence-electron chi connectivity index (χ0n) is 14.3. The molecule has 1 heterocycles. The average molecular weight is 417 g/mol. The maximum absolute atomic E-state index is 14.4. The number of rotatable bonds is 6. The second-order valence-corrected chi connectivity index (χ2v) is 7.32. The summed E-state index contributed by atoms with van der Waals surface area (Å²) < 4.78 is 63.4. The Hall–Kier alpha value is -3.22. The molecule has 2 aromatic rings. The number of anilines is 1. The van der Waals surface area contributed by atoms with E-state index in [0.717, 1.165) is 28.8 Å². The smallest absolute Gasteiger partial charge is 0.267 e. The number of halogens is 3. The monoisotopic (exact) mass is 417 g/mol. The molecule has 0 unspecified atom stereocenters. The number of alkyl halides is 2. The van der Waals surface area contributed by atoms with E-state index in [1.165, 1.54) is 24.1 Å². The Balaban J connectivity index is 2.19. The fourth-order valence-electron chi connectivity index (χ4n) is 2.04. The van der Waals surface area contributed by atoms with E-state index < -0.39 is 40.6 Å². The van der Waals surface area contributed by atoms with Crippen molar-refractivity contribution in [1.29, 1.82) is 0 Å². The molecule has 0 saturated carbocycles. The Labute approximate surface area is 157 Å². The second kappa shape index (κ2) is 8.65. The van der Waals surface area contributed by atoms with Crippen LogP contribution in [0.2, 0.25) is 0 Å². The van der Waals surface area contributed by atoms with Crippen molar-refractivity contribution < 1.29 is 31.2 Å². The highest BCUT2D eigenvalue weighted by atomic mass is 32.2. The van der Waals surface area contributed by atoms with Crippen molar-refractivity contribution in [2.75, 3.05) is 10.6 Å². The van der Waals surface area contributed by atoms with Gasteiger partial charge in [-0.1, -0.05) is 6.07 Å². The summed E-state index contributed by atoms with van der Waals surface area (Å²) in [5.74, 6) is -3.67. The van der Waals surface area contributed by atoms with E-state index in [-0.39, 0.29) is 16.8 Å². The van der Waals surface area contributed by atoms with Crippen molar-refractivity contribution in [3.05, 3.63) is 53.9 Å². The molecule has 9 nitrogen and oxygen atoms in total. The molecule has 28 heavy (non-hydrogen) atoms. The van der Waals surface area contributed by atoms with E-state index in [1.54, 1.807) is 5.43 Å². The number of carbonyl (C=O) groups excluding carboxylic acids is 2. The van der Waals surface area contributed by atoms with E-state index in [2.05, 4.69) is 9.97 Å². The van der Waals surface area contributed by atoms with Crippen LogP contribution in [0.4, 0.5) is 18.9 Å². The minimum absolute atomic E-state index is 0.0672. The minimum Gasteiger partial charge on any atom is -0.267 e. The number of hydrogen-bond acceptors (Lipinski definition) is 6. The molecule has 0 atom stereocenters. The first kappa shape index (κ1) is 21.1. The molecule has 0 aliphatic rings. The number of nitrogens with zero attached hydrogens (tertiary/aromatic N) is 3. The number of hydrazine groups is 1. The van der Waals surface area contributed by atoms with Crippen LogP contribution in [0.1, 0.15) is 15.9 Å². The van der Waals surface area contributed by atoms with Gasteiger partial charge in [-0.15, -0.1) is 0 Å². The molecule has 1 aromatic heterocycles. The number of hydrogen-bond donors (Lipinski definition) is 2. The SMILES string of the molecule is CS(=O)(=O)N(Cc1ccc(C(=O)NNC(=O)C(F)F)cc1F)c1cncnc1. The normalized spacial score (nSPS) is 11.2. The van der Waals surface area contributed by atoms with E-state index in [9.17, 15) is 31.2 Å². The lowest BCUT2D eigenvalue weighted by Gasteiger charge is -2.22. The van der Waals surface area contributed by atoms with Crippen LogP contribution in [0.3, 0.4) is 0 Å². The maximum atomic E-state index is 14.4. The maximum Gasteiger partial charge on any atom is 0.317 e. The molecule has 0 spiro atoms. The fraction of sp³-hybridized carbons (Fsp3) is 0.200. The first-order valence-electron chi connectivity index (χ1n) is 7.49. The van der Waals surface area contributed by atoms with E-state index in [4.69, 9.17) is 0 Å². The molecule has 0 aliphatic carbocycles. The summed E-state index contributed by atoms with van der Waals surface area (Å²) in [7, 11) is -3.80. The van der Waals surface area contributed by atoms with E-state index >= 15 is 0 Å². The van der Waals surface area contributed by atoms with Crippen molar-refractivity contribution >= 4 is 27.5 Å². The molecule has 13 heteroatoms. The van der Waals surface area contributed by atoms with Crippen molar-refractivity contribution in [3.8, 4) is 0 Å². The highest BCUT2D eigenvalue weighted by Crippen LogP contribution is 2.20. The summed E-state index contributed by atoms with van der Waals surface area (Å²) in [6.45, 7) is -0.401. The molecular weight excluding hydrogens is 403 g/mol. The molecular formula is C15H14F3N5O4S. The summed E-state index contributed by atoms with van der Waals surface area (Å²) in [5.41, 5.74) is 2.96. The lowest BCUT2D eigenvalue weighted by atomic mass is 10.1. The largest absolute Gasteiger partial charge is 0.317 e. The van der Waals surface area contributed by atoms with Crippen molar-refractivity contribution in [2.45, 2.75) is 13.0 Å². The van der Waals surface area contributed by atoms with Gasteiger partial charge in [0.05, 0.1) is 30.9 Å². The standard InChI is InChI=1S/C15H14F3N5O4S/c1-28(26,27)23(11-5-19-8-20-6-11)7-10-3-2-9(4-12(10)16)14(24)21-22-15(25)13(17)18/h2-6,8,13H,7H2,1H3,(H,21,24)(H,22,25). The minimum atomic E-state index is -3.80. The Morgan fingerprint density at radius 1 is 1.18 bits per heavy atom. The van der Waals surface area contributed by atoms with Crippen LogP contribution in [0, 0.1) is 5.82 Å². The zero-order valence-corrected chi connectivity index (χ0v) is 15.1. The highest BCUT2D eigenvalue weighted by molar-refractivity contribution is 7.92. The van der Waals surface area contributed by atoms with Gasteiger partial charge in [0.1, 0.15) is 12.1 Å². The van der Waals surface area contributed by atoms with Crippen LogP contribution >= 0.6 is 0 Å². The van der Waals surface area contributed by atoms with Gasteiger partial charge in [-0.25, -0.2) is 22.8 Å². The third-order valence-corrected chi connectivity index (χ3v) is 4.50. The highest BCUT2D eigenvalue weighted by Gasteiger charge is 2.21. The first-order chi connectivity index (χ1) is 13.1. The van der Waals surface area contributed by atoms with Crippen LogP contribution < -0.4 is 15.2 Å². The van der Waals surface area contributed by atoms with Crippen LogP contribution in [0.5, 0.6) is 0 Å². The zero-order chi connectivity index (χ0) is 20.9. The van der Waals surface area contributed by atoms with Crippen LogP contribution in [-0.2, 0) is 21.4 Å². The number of sulfonamides is 1.